The van der Waals surface area contributed by atoms with Crippen LogP contribution < -0.4 is 19.9 Å². The molecule has 0 radical (unpaired) electrons. The minimum Gasteiger partial charge on any atom is -0.493 e. The van der Waals surface area contributed by atoms with Crippen LogP contribution in [-0.2, 0) is 0 Å². The van der Waals surface area contributed by atoms with Crippen LogP contribution in [0.15, 0.2) is 54.6 Å². The highest BCUT2D eigenvalue weighted by atomic mass is 35.5. The molecule has 0 spiro atoms. The normalized spacial score (nSPS) is 14.6. The summed E-state index contributed by atoms with van der Waals surface area (Å²) in [6.07, 6.45) is 2.22. The second-order valence-electron chi connectivity index (χ2n) is 9.21. The van der Waals surface area contributed by atoms with Gasteiger partial charge in [0.15, 0.2) is 17.3 Å². The number of hydrogen-bond acceptors (Lipinski definition) is 7. The molecular formula is C28H28ClFN4O3. The summed E-state index contributed by atoms with van der Waals surface area (Å²) in [5.41, 5.74) is 7.75. The van der Waals surface area contributed by atoms with Crippen molar-refractivity contribution in [1.29, 1.82) is 0 Å². The number of hydrogen-bond donors (Lipinski definition) is 1. The van der Waals surface area contributed by atoms with Crippen LogP contribution in [-0.4, -0.2) is 48.7 Å². The Labute approximate surface area is 219 Å². The van der Waals surface area contributed by atoms with E-state index in [1.165, 1.54) is 18.2 Å². The van der Waals surface area contributed by atoms with Gasteiger partial charge in [-0.2, -0.15) is 0 Å². The van der Waals surface area contributed by atoms with Crippen molar-refractivity contribution in [2.45, 2.75) is 12.8 Å². The van der Waals surface area contributed by atoms with Gasteiger partial charge in [-0.1, -0.05) is 11.6 Å². The SMILES string of the molecule is COc1cc2c(N)nc(-c3ccc(Oc4ccc(F)c(Cl)c4)cc3)nc2cc1OCC1CCN(C)CC1. The molecule has 5 rings (SSSR count). The number of ether oxygens (including phenoxy) is 3. The van der Waals surface area contributed by atoms with Gasteiger partial charge in [-0.3, -0.25) is 0 Å². The predicted octanol–water partition coefficient (Wildman–Crippen LogP) is 6.19. The first-order chi connectivity index (χ1) is 17.9. The van der Waals surface area contributed by atoms with Crippen molar-refractivity contribution in [1.82, 2.24) is 14.9 Å². The van der Waals surface area contributed by atoms with Gasteiger partial charge in [-0.25, -0.2) is 14.4 Å². The number of methoxy groups -OCH3 is 1. The first-order valence-corrected chi connectivity index (χ1v) is 12.5. The summed E-state index contributed by atoms with van der Waals surface area (Å²) in [6.45, 7) is 2.79. The molecule has 3 aromatic carbocycles. The molecule has 1 aromatic heterocycles. The van der Waals surface area contributed by atoms with E-state index in [4.69, 9.17) is 36.5 Å². The van der Waals surface area contributed by atoms with Gasteiger partial charge in [0.2, 0.25) is 0 Å². The maximum atomic E-state index is 13.4. The van der Waals surface area contributed by atoms with E-state index in [2.05, 4.69) is 16.9 Å². The summed E-state index contributed by atoms with van der Waals surface area (Å²) >= 11 is 5.84. The molecular weight excluding hydrogens is 495 g/mol. The summed E-state index contributed by atoms with van der Waals surface area (Å²) in [5, 5.41) is 0.695. The largest absolute Gasteiger partial charge is 0.493 e. The molecule has 0 aliphatic carbocycles. The molecule has 1 aliphatic rings. The van der Waals surface area contributed by atoms with E-state index < -0.39 is 5.82 Å². The number of likely N-dealkylation sites (tertiary alicyclic amines) is 1. The predicted molar refractivity (Wildman–Crippen MR) is 143 cm³/mol. The highest BCUT2D eigenvalue weighted by Crippen LogP contribution is 2.36. The second kappa shape index (κ2) is 10.8. The van der Waals surface area contributed by atoms with E-state index in [1.807, 2.05) is 24.3 Å². The Morgan fingerprint density at radius 3 is 2.43 bits per heavy atom. The van der Waals surface area contributed by atoms with Gasteiger partial charge in [0, 0.05) is 23.1 Å². The zero-order valence-electron chi connectivity index (χ0n) is 20.7. The molecule has 0 bridgehead atoms. The first kappa shape index (κ1) is 25.0. The van der Waals surface area contributed by atoms with Crippen LogP contribution in [0, 0.1) is 11.7 Å². The Kier molecular flexibility index (Phi) is 7.30. The lowest BCUT2D eigenvalue weighted by atomic mass is 9.98. The fourth-order valence-corrected chi connectivity index (χ4v) is 4.52. The van der Waals surface area contributed by atoms with Gasteiger partial charge in [-0.05, 0) is 81.4 Å². The summed E-state index contributed by atoms with van der Waals surface area (Å²) < 4.78 is 30.9. The van der Waals surface area contributed by atoms with Gasteiger partial charge < -0.3 is 24.8 Å². The van der Waals surface area contributed by atoms with E-state index in [0.29, 0.717) is 58.1 Å². The lowest BCUT2D eigenvalue weighted by Gasteiger charge is -2.28. The zero-order chi connectivity index (χ0) is 25.9. The van der Waals surface area contributed by atoms with E-state index in [0.717, 1.165) is 31.5 Å². The topological polar surface area (TPSA) is 82.7 Å². The van der Waals surface area contributed by atoms with Crippen LogP contribution in [0.25, 0.3) is 22.3 Å². The van der Waals surface area contributed by atoms with E-state index in [1.54, 1.807) is 19.2 Å². The highest BCUT2D eigenvalue weighted by Gasteiger charge is 2.19. The molecule has 0 unspecified atom stereocenters. The molecule has 1 fully saturated rings. The minimum atomic E-state index is -0.497. The van der Waals surface area contributed by atoms with E-state index in [-0.39, 0.29) is 5.02 Å². The molecule has 1 saturated heterocycles. The fourth-order valence-electron chi connectivity index (χ4n) is 4.35. The Hall–Kier alpha value is -3.62. The number of anilines is 1. The third-order valence-corrected chi connectivity index (χ3v) is 6.85. The zero-order valence-corrected chi connectivity index (χ0v) is 21.5. The molecule has 4 aromatic rings. The van der Waals surface area contributed by atoms with Gasteiger partial charge in [0.05, 0.1) is 24.3 Å². The average Bonchev–Trinajstić information content (AvgIpc) is 2.90. The summed E-state index contributed by atoms with van der Waals surface area (Å²) in [7, 11) is 3.76. The number of rotatable bonds is 7. The van der Waals surface area contributed by atoms with Crippen molar-refractivity contribution in [2.75, 3.05) is 39.6 Å². The van der Waals surface area contributed by atoms with Crippen LogP contribution in [0.5, 0.6) is 23.0 Å². The van der Waals surface area contributed by atoms with Crippen LogP contribution in [0.2, 0.25) is 5.02 Å². The first-order valence-electron chi connectivity index (χ1n) is 12.1. The summed E-state index contributed by atoms with van der Waals surface area (Å²) in [4.78, 5) is 11.6. The van der Waals surface area contributed by atoms with Crippen LogP contribution in [0.4, 0.5) is 10.2 Å². The summed E-state index contributed by atoms with van der Waals surface area (Å²) in [5.74, 6) is 3.08. The Balaban J connectivity index is 1.37. The molecule has 0 amide bonds. The Morgan fingerprint density at radius 2 is 1.73 bits per heavy atom. The number of fused-ring (bicyclic) bond motifs is 1. The Bertz CT molecular complexity index is 1410. The van der Waals surface area contributed by atoms with Crippen LogP contribution in [0.3, 0.4) is 0 Å². The summed E-state index contributed by atoms with van der Waals surface area (Å²) in [6, 6.07) is 15.1. The molecule has 37 heavy (non-hydrogen) atoms. The maximum absolute atomic E-state index is 13.4. The smallest absolute Gasteiger partial charge is 0.163 e. The van der Waals surface area contributed by atoms with Crippen molar-refractivity contribution in [3.8, 4) is 34.4 Å². The van der Waals surface area contributed by atoms with Crippen molar-refractivity contribution >= 4 is 28.3 Å². The number of nitrogens with zero attached hydrogens (tertiary/aromatic N) is 3. The number of aromatic nitrogens is 2. The Morgan fingerprint density at radius 1 is 1.00 bits per heavy atom. The minimum absolute atomic E-state index is 0.000448. The van der Waals surface area contributed by atoms with E-state index in [9.17, 15) is 4.39 Å². The number of nitrogens with two attached hydrogens (primary N) is 1. The molecule has 0 saturated carbocycles. The van der Waals surface area contributed by atoms with Crippen molar-refractivity contribution < 1.29 is 18.6 Å². The van der Waals surface area contributed by atoms with Crippen LogP contribution in [0.1, 0.15) is 12.8 Å². The van der Waals surface area contributed by atoms with Gasteiger partial charge >= 0.3 is 0 Å². The monoisotopic (exact) mass is 522 g/mol. The van der Waals surface area contributed by atoms with Crippen molar-refractivity contribution in [3.05, 3.63) is 65.4 Å². The lowest BCUT2D eigenvalue weighted by Crippen LogP contribution is -2.32. The van der Waals surface area contributed by atoms with Gasteiger partial charge in [0.1, 0.15) is 23.1 Å². The molecule has 0 atom stereocenters. The number of halogens is 2. The van der Waals surface area contributed by atoms with Crippen molar-refractivity contribution in [2.24, 2.45) is 5.92 Å². The molecule has 2 N–H and O–H groups in total. The quantitative estimate of drug-likeness (QED) is 0.309. The second-order valence-corrected chi connectivity index (χ2v) is 9.62. The molecule has 9 heteroatoms. The average molecular weight is 523 g/mol. The number of piperidine rings is 1. The van der Waals surface area contributed by atoms with E-state index >= 15 is 0 Å². The maximum Gasteiger partial charge on any atom is 0.163 e. The van der Waals surface area contributed by atoms with Gasteiger partial charge in [0.25, 0.3) is 0 Å². The molecule has 2 heterocycles. The number of nitrogen functional groups attached to an aromatic ring is 1. The molecule has 1 aliphatic heterocycles. The van der Waals surface area contributed by atoms with Crippen LogP contribution >= 0.6 is 11.6 Å². The molecule has 192 valence electrons. The fraction of sp³-hybridized carbons (Fsp3) is 0.286. The molecule has 7 nitrogen and oxygen atoms in total. The van der Waals surface area contributed by atoms with Crippen molar-refractivity contribution in [3.63, 3.8) is 0 Å². The third-order valence-electron chi connectivity index (χ3n) is 6.56. The standard InChI is InChI=1S/C28H28ClFN4O3/c1-34-11-9-17(10-12-34)16-36-26-15-24-21(14-25(26)35-2)27(31)33-28(32-24)18-3-5-19(6-4-18)37-20-7-8-23(30)22(29)13-20/h3-8,13-15,17H,9-12,16H2,1-2H3,(H2,31,32,33). The van der Waals surface area contributed by atoms with Gasteiger partial charge in [-0.15, -0.1) is 0 Å². The highest BCUT2D eigenvalue weighted by molar-refractivity contribution is 6.30. The number of benzene rings is 3. The third kappa shape index (κ3) is 5.70. The lowest BCUT2D eigenvalue weighted by molar-refractivity contribution is 0.157.